The number of pyridine rings is 2. The lowest BCUT2D eigenvalue weighted by molar-refractivity contribution is 0.315. The van der Waals surface area contributed by atoms with E-state index < -0.39 is 0 Å². The van der Waals surface area contributed by atoms with Crippen LogP contribution in [0.3, 0.4) is 0 Å². The third-order valence-electron chi connectivity index (χ3n) is 3.01. The van der Waals surface area contributed by atoms with Gasteiger partial charge >= 0.3 is 0 Å². The van der Waals surface area contributed by atoms with Crippen LogP contribution in [-0.2, 0) is 0 Å². The first-order valence-corrected chi connectivity index (χ1v) is 7.55. The zero-order valence-corrected chi connectivity index (χ0v) is 13.1. The van der Waals surface area contributed by atoms with Crippen molar-refractivity contribution in [2.45, 2.75) is 26.3 Å². The number of rotatable bonds is 7. The van der Waals surface area contributed by atoms with E-state index in [0.29, 0.717) is 11.6 Å². The topological polar surface area (TPSA) is 47.0 Å². The molecule has 0 aliphatic rings. The molecule has 0 aliphatic carbocycles. The van der Waals surface area contributed by atoms with Crippen LogP contribution >= 0.6 is 11.6 Å². The van der Waals surface area contributed by atoms with Crippen molar-refractivity contribution in [1.29, 1.82) is 0 Å². The van der Waals surface area contributed by atoms with Gasteiger partial charge in [0.15, 0.2) is 0 Å². The molecule has 0 aromatic carbocycles. The predicted molar refractivity (Wildman–Crippen MR) is 84.8 cm³/mol. The molecule has 2 rings (SSSR count). The Kier molecular flexibility index (Phi) is 5.96. The van der Waals surface area contributed by atoms with Gasteiger partial charge in [0.1, 0.15) is 5.75 Å². The highest BCUT2D eigenvalue weighted by molar-refractivity contribution is 6.31. The van der Waals surface area contributed by atoms with Crippen molar-refractivity contribution in [2.24, 2.45) is 0 Å². The van der Waals surface area contributed by atoms with Gasteiger partial charge in [0.05, 0.1) is 29.6 Å². The zero-order chi connectivity index (χ0) is 15.1. The zero-order valence-electron chi connectivity index (χ0n) is 12.3. The fourth-order valence-electron chi connectivity index (χ4n) is 2.08. The number of halogens is 1. The minimum atomic E-state index is -0.0959. The third-order valence-corrected chi connectivity index (χ3v) is 3.33. The summed E-state index contributed by atoms with van der Waals surface area (Å²) in [5.41, 5.74) is 1.79. The fourth-order valence-corrected chi connectivity index (χ4v) is 2.31. The average Bonchev–Trinajstić information content (AvgIpc) is 2.52. The molecule has 1 atom stereocenters. The summed E-state index contributed by atoms with van der Waals surface area (Å²) in [5.74, 6) is 0.768. The summed E-state index contributed by atoms with van der Waals surface area (Å²) < 4.78 is 5.65. The summed E-state index contributed by atoms with van der Waals surface area (Å²) in [5, 5.41) is 4.04. The van der Waals surface area contributed by atoms with Crippen molar-refractivity contribution in [1.82, 2.24) is 15.3 Å². The first-order chi connectivity index (χ1) is 10.3. The third kappa shape index (κ3) is 4.16. The molecule has 0 bridgehead atoms. The molecular formula is C16H20ClN3O. The maximum Gasteiger partial charge on any atom is 0.137 e. The van der Waals surface area contributed by atoms with E-state index in [1.54, 1.807) is 12.4 Å². The van der Waals surface area contributed by atoms with Crippen LogP contribution in [-0.4, -0.2) is 23.1 Å². The van der Waals surface area contributed by atoms with Crippen LogP contribution in [0.5, 0.6) is 5.75 Å². The summed E-state index contributed by atoms with van der Waals surface area (Å²) in [6, 6.07) is 5.56. The van der Waals surface area contributed by atoms with Gasteiger partial charge < -0.3 is 10.1 Å². The molecular weight excluding hydrogens is 286 g/mol. The monoisotopic (exact) mass is 305 g/mol. The minimum absolute atomic E-state index is 0.0959. The van der Waals surface area contributed by atoms with E-state index in [2.05, 4.69) is 29.1 Å². The summed E-state index contributed by atoms with van der Waals surface area (Å²) in [4.78, 5) is 8.66. The van der Waals surface area contributed by atoms with Crippen LogP contribution in [0.25, 0.3) is 0 Å². The molecule has 2 heterocycles. The summed E-state index contributed by atoms with van der Waals surface area (Å²) in [6.07, 6.45) is 6.25. The summed E-state index contributed by atoms with van der Waals surface area (Å²) in [6.45, 7) is 5.61. The smallest absolute Gasteiger partial charge is 0.137 e. The second-order valence-corrected chi connectivity index (χ2v) is 5.07. The maximum atomic E-state index is 6.27. The van der Waals surface area contributed by atoms with Gasteiger partial charge in [-0.25, -0.2) is 0 Å². The molecule has 21 heavy (non-hydrogen) atoms. The Bertz CT molecular complexity index is 577. The molecule has 1 N–H and O–H groups in total. The van der Waals surface area contributed by atoms with Gasteiger partial charge in [-0.1, -0.05) is 25.4 Å². The second-order valence-electron chi connectivity index (χ2n) is 4.66. The van der Waals surface area contributed by atoms with Crippen molar-refractivity contribution >= 4 is 11.6 Å². The van der Waals surface area contributed by atoms with E-state index in [4.69, 9.17) is 16.3 Å². The SMILES string of the molecule is CCCOc1cncc(C(NCC)c2ncccc2Cl)c1. The molecule has 0 fully saturated rings. The lowest BCUT2D eigenvalue weighted by atomic mass is 10.0. The van der Waals surface area contributed by atoms with Gasteiger partial charge in [-0.2, -0.15) is 0 Å². The fraction of sp³-hybridized carbons (Fsp3) is 0.375. The quantitative estimate of drug-likeness (QED) is 0.849. The number of aromatic nitrogens is 2. The Hall–Kier alpha value is -1.65. The summed E-state index contributed by atoms with van der Waals surface area (Å²) >= 11 is 6.27. The molecule has 2 aromatic heterocycles. The first kappa shape index (κ1) is 15.7. The van der Waals surface area contributed by atoms with Crippen LogP contribution in [0.2, 0.25) is 5.02 Å². The van der Waals surface area contributed by atoms with Crippen molar-refractivity contribution in [3.8, 4) is 5.75 Å². The van der Waals surface area contributed by atoms with Crippen LogP contribution < -0.4 is 10.1 Å². The Balaban J connectivity index is 2.32. The Morgan fingerprint density at radius 3 is 2.90 bits per heavy atom. The van der Waals surface area contributed by atoms with E-state index in [9.17, 15) is 0 Å². The highest BCUT2D eigenvalue weighted by Gasteiger charge is 2.18. The van der Waals surface area contributed by atoms with Gasteiger partial charge in [0.2, 0.25) is 0 Å². The van der Waals surface area contributed by atoms with Gasteiger partial charge in [-0.15, -0.1) is 0 Å². The molecule has 0 saturated carbocycles. The van der Waals surface area contributed by atoms with Gasteiger partial charge in [0, 0.05) is 12.4 Å². The van der Waals surface area contributed by atoms with Crippen LogP contribution in [0, 0.1) is 0 Å². The van der Waals surface area contributed by atoms with Gasteiger partial charge in [-0.3, -0.25) is 9.97 Å². The van der Waals surface area contributed by atoms with E-state index in [1.807, 2.05) is 24.4 Å². The van der Waals surface area contributed by atoms with Crippen molar-refractivity contribution in [3.63, 3.8) is 0 Å². The normalized spacial score (nSPS) is 12.1. The van der Waals surface area contributed by atoms with E-state index in [0.717, 1.165) is 30.0 Å². The number of hydrogen-bond donors (Lipinski definition) is 1. The Labute approximate surface area is 130 Å². The van der Waals surface area contributed by atoms with Crippen LogP contribution in [0.1, 0.15) is 37.6 Å². The number of hydrogen-bond acceptors (Lipinski definition) is 4. The van der Waals surface area contributed by atoms with E-state index in [-0.39, 0.29) is 6.04 Å². The largest absolute Gasteiger partial charge is 0.492 e. The molecule has 0 aliphatic heterocycles. The van der Waals surface area contributed by atoms with Crippen LogP contribution in [0.15, 0.2) is 36.8 Å². The van der Waals surface area contributed by atoms with Crippen molar-refractivity contribution < 1.29 is 4.74 Å². The number of ether oxygens (including phenoxy) is 1. The lowest BCUT2D eigenvalue weighted by Crippen LogP contribution is -2.23. The molecule has 1 unspecified atom stereocenters. The highest BCUT2D eigenvalue weighted by atomic mass is 35.5. The molecule has 4 nitrogen and oxygen atoms in total. The molecule has 0 radical (unpaired) electrons. The molecule has 0 amide bonds. The molecule has 5 heteroatoms. The number of nitrogens with zero attached hydrogens (tertiary/aromatic N) is 2. The molecule has 0 saturated heterocycles. The summed E-state index contributed by atoms with van der Waals surface area (Å²) in [7, 11) is 0. The minimum Gasteiger partial charge on any atom is -0.492 e. The van der Waals surface area contributed by atoms with Crippen LogP contribution in [0.4, 0.5) is 0 Å². The predicted octanol–water partition coefficient (Wildman–Crippen LogP) is 3.62. The lowest BCUT2D eigenvalue weighted by Gasteiger charge is -2.19. The average molecular weight is 306 g/mol. The second kappa shape index (κ2) is 7.96. The highest BCUT2D eigenvalue weighted by Crippen LogP contribution is 2.27. The van der Waals surface area contributed by atoms with E-state index >= 15 is 0 Å². The first-order valence-electron chi connectivity index (χ1n) is 7.17. The Morgan fingerprint density at radius 1 is 1.33 bits per heavy atom. The van der Waals surface area contributed by atoms with Crippen molar-refractivity contribution in [2.75, 3.05) is 13.2 Å². The molecule has 112 valence electrons. The van der Waals surface area contributed by atoms with Gasteiger partial charge in [0.25, 0.3) is 0 Å². The standard InChI is InChI=1S/C16H20ClN3O/c1-3-8-21-13-9-12(10-18-11-13)15(19-4-2)16-14(17)6-5-7-20-16/h5-7,9-11,15,19H,3-4,8H2,1-2H3. The molecule has 2 aromatic rings. The van der Waals surface area contributed by atoms with Gasteiger partial charge in [-0.05, 0) is 36.7 Å². The van der Waals surface area contributed by atoms with Crippen molar-refractivity contribution in [3.05, 3.63) is 53.1 Å². The maximum absolute atomic E-state index is 6.27. The Morgan fingerprint density at radius 2 is 2.19 bits per heavy atom. The molecule has 0 spiro atoms. The number of nitrogens with one attached hydrogen (secondary N) is 1. The van der Waals surface area contributed by atoms with E-state index in [1.165, 1.54) is 0 Å².